The average molecular weight is 339 g/mol. The van der Waals surface area contributed by atoms with Crippen LogP contribution in [0.2, 0.25) is 0 Å². The van der Waals surface area contributed by atoms with Gasteiger partial charge in [0.15, 0.2) is 0 Å². The van der Waals surface area contributed by atoms with Crippen LogP contribution in [0.25, 0.3) is 0 Å². The van der Waals surface area contributed by atoms with Gasteiger partial charge < -0.3 is 11.5 Å². The van der Waals surface area contributed by atoms with Crippen molar-refractivity contribution in [3.63, 3.8) is 0 Å². The molecule has 4 N–H and O–H groups in total. The number of benzene rings is 2. The topological polar surface area (TPSA) is 52.0 Å². The molecule has 0 saturated carbocycles. The smallest absolute Gasteiger partial charge is 0.0382 e. The van der Waals surface area contributed by atoms with Gasteiger partial charge >= 0.3 is 0 Å². The monoisotopic (exact) mass is 338 g/mol. The SMILES string of the molecule is CCc1cc(C(C)C)cc(Cc2cc(C(C)C)cc(CC)c2N)c1N. The molecule has 0 aliphatic carbocycles. The van der Waals surface area contributed by atoms with E-state index in [1.165, 1.54) is 33.4 Å². The highest BCUT2D eigenvalue weighted by Crippen LogP contribution is 2.31. The summed E-state index contributed by atoms with van der Waals surface area (Å²) in [5.74, 6) is 0.991. The highest BCUT2D eigenvalue weighted by Gasteiger charge is 2.14. The highest BCUT2D eigenvalue weighted by molar-refractivity contribution is 5.62. The average Bonchev–Trinajstić information content (AvgIpc) is 2.57. The molecule has 0 unspecified atom stereocenters. The Kier molecular flexibility index (Phi) is 6.16. The van der Waals surface area contributed by atoms with Gasteiger partial charge in [0.1, 0.15) is 0 Å². The van der Waals surface area contributed by atoms with Crippen LogP contribution in [0, 0.1) is 0 Å². The van der Waals surface area contributed by atoms with E-state index >= 15 is 0 Å². The van der Waals surface area contributed by atoms with Crippen LogP contribution < -0.4 is 11.5 Å². The second kappa shape index (κ2) is 7.95. The molecule has 0 atom stereocenters. The van der Waals surface area contributed by atoms with Gasteiger partial charge in [-0.3, -0.25) is 0 Å². The molecule has 136 valence electrons. The van der Waals surface area contributed by atoms with E-state index < -0.39 is 0 Å². The van der Waals surface area contributed by atoms with Gasteiger partial charge in [-0.15, -0.1) is 0 Å². The Bertz CT molecular complexity index is 679. The van der Waals surface area contributed by atoms with Crippen molar-refractivity contribution in [3.8, 4) is 0 Å². The number of nitrogens with two attached hydrogens (primary N) is 2. The van der Waals surface area contributed by atoms with Crippen molar-refractivity contribution in [2.45, 2.75) is 72.6 Å². The number of nitrogen functional groups attached to an aromatic ring is 2. The van der Waals surface area contributed by atoms with Crippen LogP contribution in [0.5, 0.6) is 0 Å². The normalized spacial score (nSPS) is 11.5. The van der Waals surface area contributed by atoms with Crippen molar-refractivity contribution in [1.82, 2.24) is 0 Å². The first-order chi connectivity index (χ1) is 11.8. The summed E-state index contributed by atoms with van der Waals surface area (Å²) in [5, 5.41) is 0. The second-order valence-electron chi connectivity index (χ2n) is 7.70. The zero-order valence-electron chi connectivity index (χ0n) is 16.7. The maximum absolute atomic E-state index is 6.49. The Balaban J connectivity index is 2.55. The Morgan fingerprint density at radius 2 is 0.960 bits per heavy atom. The summed E-state index contributed by atoms with van der Waals surface area (Å²) in [5.41, 5.74) is 22.5. The summed E-state index contributed by atoms with van der Waals surface area (Å²) in [6.45, 7) is 13.3. The van der Waals surface area contributed by atoms with Crippen LogP contribution in [-0.2, 0) is 19.3 Å². The lowest BCUT2D eigenvalue weighted by molar-refractivity contribution is 0.855. The van der Waals surface area contributed by atoms with E-state index in [1.54, 1.807) is 0 Å². The molecule has 2 aromatic rings. The molecule has 0 aliphatic heterocycles. The van der Waals surface area contributed by atoms with Crippen molar-refractivity contribution in [2.24, 2.45) is 0 Å². The van der Waals surface area contributed by atoms with E-state index in [1.807, 2.05) is 0 Å². The van der Waals surface area contributed by atoms with Crippen LogP contribution in [0.4, 0.5) is 11.4 Å². The Morgan fingerprint density at radius 3 is 1.24 bits per heavy atom. The molecule has 0 bridgehead atoms. The van der Waals surface area contributed by atoms with Crippen LogP contribution >= 0.6 is 0 Å². The molecule has 0 heterocycles. The fourth-order valence-electron chi connectivity index (χ4n) is 3.36. The summed E-state index contributed by atoms with van der Waals surface area (Å²) < 4.78 is 0. The lowest BCUT2D eigenvalue weighted by Crippen LogP contribution is -2.07. The number of hydrogen-bond acceptors (Lipinski definition) is 2. The molecule has 0 aromatic heterocycles. The molecule has 25 heavy (non-hydrogen) atoms. The lowest BCUT2D eigenvalue weighted by atomic mass is 9.89. The van der Waals surface area contributed by atoms with Crippen molar-refractivity contribution in [3.05, 3.63) is 57.6 Å². The molecule has 0 spiro atoms. The Morgan fingerprint density at radius 1 is 0.640 bits per heavy atom. The third kappa shape index (κ3) is 4.18. The molecular weight excluding hydrogens is 304 g/mol. The summed E-state index contributed by atoms with van der Waals surface area (Å²) in [4.78, 5) is 0. The molecular formula is C23H34N2. The van der Waals surface area contributed by atoms with E-state index in [9.17, 15) is 0 Å². The second-order valence-corrected chi connectivity index (χ2v) is 7.70. The lowest BCUT2D eigenvalue weighted by Gasteiger charge is -2.19. The summed E-state index contributed by atoms with van der Waals surface area (Å²) in [7, 11) is 0. The van der Waals surface area contributed by atoms with Gasteiger partial charge in [0.25, 0.3) is 0 Å². The standard InChI is InChI=1S/C23H34N2/c1-7-16-9-18(14(3)4)11-20(22(16)24)13-21-12-19(15(5)6)10-17(8-2)23(21)25/h9-12,14-15H,7-8,13,24-25H2,1-6H3. The van der Waals surface area contributed by atoms with Gasteiger partial charge in [0.05, 0.1) is 0 Å². The van der Waals surface area contributed by atoms with Gasteiger partial charge in [-0.05, 0) is 58.1 Å². The highest BCUT2D eigenvalue weighted by atomic mass is 14.6. The quantitative estimate of drug-likeness (QED) is 0.653. The Hall–Kier alpha value is -1.96. The van der Waals surface area contributed by atoms with Crippen molar-refractivity contribution in [1.29, 1.82) is 0 Å². The van der Waals surface area contributed by atoms with Crippen LogP contribution in [0.15, 0.2) is 24.3 Å². The fraction of sp³-hybridized carbons (Fsp3) is 0.478. The molecule has 2 aromatic carbocycles. The van der Waals surface area contributed by atoms with E-state index in [0.29, 0.717) is 11.8 Å². The number of rotatable bonds is 6. The maximum atomic E-state index is 6.49. The molecule has 0 saturated heterocycles. The Labute approximate surface area is 153 Å². The summed E-state index contributed by atoms with van der Waals surface area (Å²) in [6.07, 6.45) is 2.72. The predicted octanol–water partition coefficient (Wildman–Crippen LogP) is 5.81. The van der Waals surface area contributed by atoms with Crippen LogP contribution in [-0.4, -0.2) is 0 Å². The first-order valence-electron chi connectivity index (χ1n) is 9.60. The van der Waals surface area contributed by atoms with Gasteiger partial charge in [-0.2, -0.15) is 0 Å². The fourth-order valence-corrected chi connectivity index (χ4v) is 3.36. The van der Waals surface area contributed by atoms with E-state index in [2.05, 4.69) is 65.8 Å². The largest absolute Gasteiger partial charge is 0.398 e. The minimum absolute atomic E-state index is 0.496. The van der Waals surface area contributed by atoms with Crippen LogP contribution in [0.3, 0.4) is 0 Å². The van der Waals surface area contributed by atoms with Crippen molar-refractivity contribution in [2.75, 3.05) is 11.5 Å². The first-order valence-corrected chi connectivity index (χ1v) is 9.60. The molecule has 2 heteroatoms. The predicted molar refractivity (Wildman–Crippen MR) is 111 cm³/mol. The van der Waals surface area contributed by atoms with Gasteiger partial charge in [-0.1, -0.05) is 65.8 Å². The number of hydrogen-bond donors (Lipinski definition) is 2. The van der Waals surface area contributed by atoms with E-state index in [-0.39, 0.29) is 0 Å². The number of aryl methyl sites for hydroxylation is 2. The molecule has 0 fully saturated rings. The van der Waals surface area contributed by atoms with Gasteiger partial charge in [-0.25, -0.2) is 0 Å². The third-order valence-electron chi connectivity index (χ3n) is 5.22. The maximum Gasteiger partial charge on any atom is 0.0382 e. The van der Waals surface area contributed by atoms with E-state index in [0.717, 1.165) is 30.6 Å². The van der Waals surface area contributed by atoms with Gasteiger partial charge in [0, 0.05) is 17.8 Å². The zero-order valence-corrected chi connectivity index (χ0v) is 16.7. The van der Waals surface area contributed by atoms with Crippen LogP contribution in [0.1, 0.15) is 86.8 Å². The summed E-state index contributed by atoms with van der Waals surface area (Å²) >= 11 is 0. The molecule has 2 rings (SSSR count). The number of anilines is 2. The third-order valence-corrected chi connectivity index (χ3v) is 5.22. The van der Waals surface area contributed by atoms with Crippen molar-refractivity contribution < 1.29 is 0 Å². The molecule has 0 amide bonds. The molecule has 0 radical (unpaired) electrons. The molecule has 0 aliphatic rings. The first kappa shape index (κ1) is 19.4. The minimum atomic E-state index is 0.496. The zero-order chi connectivity index (χ0) is 18.7. The molecule has 2 nitrogen and oxygen atoms in total. The van der Waals surface area contributed by atoms with E-state index in [4.69, 9.17) is 11.5 Å². The van der Waals surface area contributed by atoms with Gasteiger partial charge in [0.2, 0.25) is 0 Å². The summed E-state index contributed by atoms with van der Waals surface area (Å²) in [6, 6.07) is 9.06. The van der Waals surface area contributed by atoms with Crippen molar-refractivity contribution >= 4 is 11.4 Å². The minimum Gasteiger partial charge on any atom is -0.398 e.